The lowest BCUT2D eigenvalue weighted by molar-refractivity contribution is -0.141. The predicted octanol–water partition coefficient (Wildman–Crippen LogP) is -1.56. The molecule has 0 aliphatic carbocycles. The van der Waals surface area contributed by atoms with Gasteiger partial charge in [-0.3, -0.25) is 9.59 Å². The van der Waals surface area contributed by atoms with Crippen molar-refractivity contribution in [3.8, 4) is 0 Å². The predicted molar refractivity (Wildman–Crippen MR) is 53.8 cm³/mol. The van der Waals surface area contributed by atoms with Crippen LogP contribution in [0, 0.1) is 0 Å². The molecule has 86 valence electrons. The number of nitrogens with two attached hydrogens (primary N) is 2. The van der Waals surface area contributed by atoms with E-state index >= 15 is 0 Å². The Labute approximate surface area is 88.5 Å². The van der Waals surface area contributed by atoms with Crippen molar-refractivity contribution < 1.29 is 14.3 Å². The molecule has 1 fully saturated rings. The van der Waals surface area contributed by atoms with Gasteiger partial charge in [-0.25, -0.2) is 0 Å². The molecule has 4 N–H and O–H groups in total. The molecule has 1 aliphatic heterocycles. The number of carbonyl (C=O) groups is 2. The molecule has 2 amide bonds. The summed E-state index contributed by atoms with van der Waals surface area (Å²) in [7, 11) is 0. The van der Waals surface area contributed by atoms with Crippen molar-refractivity contribution in [3.63, 3.8) is 0 Å². The molecule has 2 atom stereocenters. The molecule has 6 heteroatoms. The second-order valence-electron chi connectivity index (χ2n) is 3.73. The quantitative estimate of drug-likeness (QED) is 0.594. The maximum atomic E-state index is 11.8. The molecule has 1 rings (SSSR count). The fourth-order valence-corrected chi connectivity index (χ4v) is 1.57. The summed E-state index contributed by atoms with van der Waals surface area (Å²) >= 11 is 0. The number of ether oxygens (including phenoxy) is 1. The van der Waals surface area contributed by atoms with Crippen molar-refractivity contribution in [1.29, 1.82) is 0 Å². The van der Waals surface area contributed by atoms with Crippen molar-refractivity contribution in [2.75, 3.05) is 19.8 Å². The van der Waals surface area contributed by atoms with Crippen LogP contribution in [0.4, 0.5) is 0 Å². The SMILES string of the molecule is C[C@@H]1COCCN1C(=O)C(N)CC(N)=O. The average molecular weight is 215 g/mol. The van der Waals surface area contributed by atoms with Crippen LogP contribution in [0.25, 0.3) is 0 Å². The summed E-state index contributed by atoms with van der Waals surface area (Å²) in [6.07, 6.45) is -0.108. The molecule has 0 bridgehead atoms. The molecule has 6 nitrogen and oxygen atoms in total. The number of nitrogens with zero attached hydrogens (tertiary/aromatic N) is 1. The van der Waals surface area contributed by atoms with Crippen LogP contribution >= 0.6 is 0 Å². The van der Waals surface area contributed by atoms with Gasteiger partial charge < -0.3 is 21.1 Å². The second-order valence-corrected chi connectivity index (χ2v) is 3.73. The molecule has 1 heterocycles. The lowest BCUT2D eigenvalue weighted by Gasteiger charge is -2.34. The van der Waals surface area contributed by atoms with Crippen molar-refractivity contribution in [1.82, 2.24) is 4.90 Å². The highest BCUT2D eigenvalue weighted by molar-refractivity contribution is 5.87. The smallest absolute Gasteiger partial charge is 0.240 e. The zero-order valence-corrected chi connectivity index (χ0v) is 8.81. The lowest BCUT2D eigenvalue weighted by atomic mass is 10.1. The van der Waals surface area contributed by atoms with Crippen LogP contribution in [0.1, 0.15) is 13.3 Å². The van der Waals surface area contributed by atoms with Crippen molar-refractivity contribution in [3.05, 3.63) is 0 Å². The number of hydrogen-bond acceptors (Lipinski definition) is 4. The van der Waals surface area contributed by atoms with Gasteiger partial charge in [0.25, 0.3) is 0 Å². The zero-order chi connectivity index (χ0) is 11.4. The molecule has 0 aromatic heterocycles. The van der Waals surface area contributed by atoms with E-state index in [0.717, 1.165) is 0 Å². The molecule has 0 saturated carbocycles. The van der Waals surface area contributed by atoms with Gasteiger partial charge in [-0.1, -0.05) is 0 Å². The maximum Gasteiger partial charge on any atom is 0.240 e. The van der Waals surface area contributed by atoms with E-state index in [9.17, 15) is 9.59 Å². The molecule has 0 aromatic rings. The van der Waals surface area contributed by atoms with E-state index in [0.29, 0.717) is 19.8 Å². The number of amides is 2. The summed E-state index contributed by atoms with van der Waals surface area (Å²) in [5.74, 6) is -0.790. The molecule has 15 heavy (non-hydrogen) atoms. The van der Waals surface area contributed by atoms with Gasteiger partial charge in [-0.2, -0.15) is 0 Å². The van der Waals surface area contributed by atoms with E-state index in [1.807, 2.05) is 6.92 Å². The summed E-state index contributed by atoms with van der Waals surface area (Å²) in [6, 6.07) is -0.826. The standard InChI is InChI=1S/C9H17N3O3/c1-6-5-15-3-2-12(6)9(14)7(10)4-8(11)13/h6-7H,2-5,10H2,1H3,(H2,11,13)/t6-,7?/m1/s1. The Morgan fingerprint density at radius 1 is 1.60 bits per heavy atom. The number of hydrogen-bond donors (Lipinski definition) is 2. The Morgan fingerprint density at radius 2 is 2.27 bits per heavy atom. The van der Waals surface area contributed by atoms with E-state index in [2.05, 4.69) is 0 Å². The Morgan fingerprint density at radius 3 is 2.80 bits per heavy atom. The average Bonchev–Trinajstić information content (AvgIpc) is 2.16. The summed E-state index contributed by atoms with van der Waals surface area (Å²) in [6.45, 7) is 3.43. The van der Waals surface area contributed by atoms with E-state index < -0.39 is 11.9 Å². The second kappa shape index (κ2) is 5.09. The van der Waals surface area contributed by atoms with E-state index in [1.165, 1.54) is 0 Å². The summed E-state index contributed by atoms with van der Waals surface area (Å²) in [5.41, 5.74) is 10.6. The first-order valence-electron chi connectivity index (χ1n) is 4.94. The third-order valence-corrected chi connectivity index (χ3v) is 2.39. The molecule has 0 spiro atoms. The van der Waals surface area contributed by atoms with Gasteiger partial charge in [0, 0.05) is 6.54 Å². The highest BCUT2D eigenvalue weighted by Crippen LogP contribution is 2.08. The van der Waals surface area contributed by atoms with Crippen LogP contribution in [-0.4, -0.2) is 48.6 Å². The van der Waals surface area contributed by atoms with Crippen LogP contribution in [-0.2, 0) is 14.3 Å². The van der Waals surface area contributed by atoms with E-state index in [4.69, 9.17) is 16.2 Å². The summed E-state index contributed by atoms with van der Waals surface area (Å²) in [4.78, 5) is 24.0. The molecule has 0 aromatic carbocycles. The molecule has 1 saturated heterocycles. The number of rotatable bonds is 3. The van der Waals surface area contributed by atoms with Crippen molar-refractivity contribution in [2.45, 2.75) is 25.4 Å². The molecule has 0 radical (unpaired) electrons. The highest BCUT2D eigenvalue weighted by Gasteiger charge is 2.28. The van der Waals surface area contributed by atoms with Crippen LogP contribution < -0.4 is 11.5 Å². The van der Waals surface area contributed by atoms with Gasteiger partial charge in [-0.15, -0.1) is 0 Å². The minimum Gasteiger partial charge on any atom is -0.377 e. The van der Waals surface area contributed by atoms with Crippen molar-refractivity contribution >= 4 is 11.8 Å². The molecular weight excluding hydrogens is 198 g/mol. The topological polar surface area (TPSA) is 98.7 Å². The van der Waals surface area contributed by atoms with Gasteiger partial charge in [-0.05, 0) is 6.92 Å². The molecular formula is C9H17N3O3. The first kappa shape index (κ1) is 11.9. The van der Waals surface area contributed by atoms with E-state index in [-0.39, 0.29) is 18.4 Å². The fourth-order valence-electron chi connectivity index (χ4n) is 1.57. The third-order valence-electron chi connectivity index (χ3n) is 2.39. The van der Waals surface area contributed by atoms with Crippen LogP contribution in [0.5, 0.6) is 0 Å². The van der Waals surface area contributed by atoms with Crippen LogP contribution in [0.3, 0.4) is 0 Å². The number of primary amides is 1. The Hall–Kier alpha value is -1.14. The summed E-state index contributed by atoms with van der Waals surface area (Å²) in [5, 5.41) is 0. The first-order chi connectivity index (χ1) is 7.02. The van der Waals surface area contributed by atoms with Crippen LogP contribution in [0.2, 0.25) is 0 Å². The highest BCUT2D eigenvalue weighted by atomic mass is 16.5. The first-order valence-corrected chi connectivity index (χ1v) is 4.94. The van der Waals surface area contributed by atoms with Crippen molar-refractivity contribution in [2.24, 2.45) is 11.5 Å². The zero-order valence-electron chi connectivity index (χ0n) is 8.81. The largest absolute Gasteiger partial charge is 0.377 e. The fraction of sp³-hybridized carbons (Fsp3) is 0.778. The minimum atomic E-state index is -0.831. The number of carbonyl (C=O) groups excluding carboxylic acids is 2. The molecule has 1 unspecified atom stereocenters. The minimum absolute atomic E-state index is 0.00479. The van der Waals surface area contributed by atoms with Gasteiger partial charge in [0.2, 0.25) is 11.8 Å². The lowest BCUT2D eigenvalue weighted by Crippen LogP contribution is -2.53. The Kier molecular flexibility index (Phi) is 4.05. The van der Waals surface area contributed by atoms with Gasteiger partial charge in [0.15, 0.2) is 0 Å². The summed E-state index contributed by atoms with van der Waals surface area (Å²) < 4.78 is 5.20. The maximum absolute atomic E-state index is 11.8. The van der Waals surface area contributed by atoms with Gasteiger partial charge >= 0.3 is 0 Å². The number of morpholine rings is 1. The third kappa shape index (κ3) is 3.17. The monoisotopic (exact) mass is 215 g/mol. The normalized spacial score (nSPS) is 23.6. The Balaban J connectivity index is 2.54. The van der Waals surface area contributed by atoms with Gasteiger partial charge in [0.05, 0.1) is 31.7 Å². The van der Waals surface area contributed by atoms with Crippen LogP contribution in [0.15, 0.2) is 0 Å². The van der Waals surface area contributed by atoms with Gasteiger partial charge in [0.1, 0.15) is 0 Å². The Bertz CT molecular complexity index is 257. The molecule has 1 aliphatic rings. The van der Waals surface area contributed by atoms with E-state index in [1.54, 1.807) is 4.90 Å².